The number of methoxy groups -OCH3 is 3. The molecule has 3 rings (SSSR count). The van der Waals surface area contributed by atoms with E-state index >= 15 is 0 Å². The van der Waals surface area contributed by atoms with Crippen LogP contribution in [0.4, 0.5) is 0 Å². The molecule has 3 aromatic carbocycles. The Bertz CT molecular complexity index is 1120. The van der Waals surface area contributed by atoms with E-state index < -0.39 is 0 Å². The van der Waals surface area contributed by atoms with Crippen LogP contribution < -0.4 is 14.2 Å². The standard InChI is InChI=1S/C30H34BrNO3/c1-5-6-8-13-28(24-11-9-7-10-12-24)32(22-23-14-16-26(33-2)17-15-23)19-18-25-20-29(34-3)30(35-4)21-27(25)31/h7,9-12,14-17,20-21,28H,5-6,18-19,22H2,1-4H3. The van der Waals surface area contributed by atoms with Gasteiger partial charge in [0, 0.05) is 24.0 Å². The van der Waals surface area contributed by atoms with Crippen LogP contribution in [0.5, 0.6) is 17.2 Å². The Labute approximate surface area is 218 Å². The predicted molar refractivity (Wildman–Crippen MR) is 146 cm³/mol. The molecular formula is C30H34BrNO3. The lowest BCUT2D eigenvalue weighted by Crippen LogP contribution is -2.30. The highest BCUT2D eigenvalue weighted by atomic mass is 79.9. The quantitative estimate of drug-likeness (QED) is 0.246. The topological polar surface area (TPSA) is 30.9 Å². The lowest BCUT2D eigenvalue weighted by Gasteiger charge is -2.29. The summed E-state index contributed by atoms with van der Waals surface area (Å²) >= 11 is 3.72. The smallest absolute Gasteiger partial charge is 0.161 e. The molecule has 0 aliphatic rings. The minimum absolute atomic E-state index is 0.0104. The zero-order chi connectivity index (χ0) is 25.0. The first-order chi connectivity index (χ1) is 17.1. The molecule has 0 heterocycles. The Hall–Kier alpha value is -2.94. The molecule has 0 bridgehead atoms. The summed E-state index contributed by atoms with van der Waals surface area (Å²) in [6.07, 6.45) is 2.77. The van der Waals surface area contributed by atoms with E-state index in [0.717, 1.165) is 53.9 Å². The van der Waals surface area contributed by atoms with Gasteiger partial charge in [0.25, 0.3) is 0 Å². The number of unbranched alkanes of at least 4 members (excludes halogenated alkanes) is 1. The van der Waals surface area contributed by atoms with Gasteiger partial charge in [0.15, 0.2) is 11.5 Å². The van der Waals surface area contributed by atoms with E-state index in [1.807, 2.05) is 18.2 Å². The lowest BCUT2D eigenvalue weighted by molar-refractivity contribution is 0.231. The summed E-state index contributed by atoms with van der Waals surface area (Å²) in [4.78, 5) is 2.45. The van der Waals surface area contributed by atoms with Gasteiger partial charge in [-0.1, -0.05) is 71.2 Å². The Balaban J connectivity index is 1.94. The van der Waals surface area contributed by atoms with E-state index in [1.165, 1.54) is 11.1 Å². The largest absolute Gasteiger partial charge is 0.497 e. The average Bonchev–Trinajstić information content (AvgIpc) is 2.90. The summed E-state index contributed by atoms with van der Waals surface area (Å²) in [5.74, 6) is 9.27. The monoisotopic (exact) mass is 535 g/mol. The zero-order valence-electron chi connectivity index (χ0n) is 21.0. The number of ether oxygens (including phenoxy) is 3. The second kappa shape index (κ2) is 13.8. The molecule has 35 heavy (non-hydrogen) atoms. The van der Waals surface area contributed by atoms with Crippen molar-refractivity contribution < 1.29 is 14.2 Å². The summed E-state index contributed by atoms with van der Waals surface area (Å²) in [7, 11) is 5.01. The second-order valence-corrected chi connectivity index (χ2v) is 9.11. The fraction of sp³-hybridized carbons (Fsp3) is 0.333. The number of hydrogen-bond donors (Lipinski definition) is 0. The summed E-state index contributed by atoms with van der Waals surface area (Å²) in [6.45, 7) is 3.76. The van der Waals surface area contributed by atoms with Gasteiger partial charge < -0.3 is 14.2 Å². The molecule has 0 amide bonds. The van der Waals surface area contributed by atoms with Crippen LogP contribution in [0.25, 0.3) is 0 Å². The molecule has 0 N–H and O–H groups in total. The van der Waals surface area contributed by atoms with Crippen molar-refractivity contribution in [1.29, 1.82) is 0 Å². The normalized spacial score (nSPS) is 11.5. The third-order valence-electron chi connectivity index (χ3n) is 5.86. The zero-order valence-corrected chi connectivity index (χ0v) is 22.6. The van der Waals surface area contributed by atoms with Gasteiger partial charge >= 0.3 is 0 Å². The van der Waals surface area contributed by atoms with Gasteiger partial charge in [-0.05, 0) is 53.8 Å². The van der Waals surface area contributed by atoms with Crippen LogP contribution in [0.15, 0.2) is 71.2 Å². The van der Waals surface area contributed by atoms with E-state index in [4.69, 9.17) is 14.2 Å². The van der Waals surface area contributed by atoms with Crippen LogP contribution in [0.3, 0.4) is 0 Å². The maximum absolute atomic E-state index is 5.54. The highest BCUT2D eigenvalue weighted by Crippen LogP contribution is 2.34. The summed E-state index contributed by atoms with van der Waals surface area (Å²) < 4.78 is 17.4. The van der Waals surface area contributed by atoms with Crippen molar-refractivity contribution in [3.05, 3.63) is 87.9 Å². The average molecular weight is 537 g/mol. The van der Waals surface area contributed by atoms with Gasteiger partial charge in [-0.3, -0.25) is 4.90 Å². The van der Waals surface area contributed by atoms with Gasteiger partial charge in [-0.2, -0.15) is 0 Å². The maximum atomic E-state index is 5.54. The molecule has 1 atom stereocenters. The Morgan fingerprint density at radius 3 is 2.20 bits per heavy atom. The minimum Gasteiger partial charge on any atom is -0.497 e. The van der Waals surface area contributed by atoms with Crippen molar-refractivity contribution >= 4 is 15.9 Å². The van der Waals surface area contributed by atoms with Crippen molar-refractivity contribution in [2.45, 2.75) is 38.8 Å². The molecule has 0 spiro atoms. The minimum atomic E-state index is -0.0104. The number of hydrogen-bond acceptors (Lipinski definition) is 4. The first kappa shape index (κ1) is 26.7. The first-order valence-corrected chi connectivity index (χ1v) is 12.7. The molecule has 4 nitrogen and oxygen atoms in total. The molecule has 5 heteroatoms. The molecule has 0 saturated carbocycles. The van der Waals surface area contributed by atoms with Crippen LogP contribution in [0.1, 0.15) is 42.5 Å². The lowest BCUT2D eigenvalue weighted by atomic mass is 10.0. The van der Waals surface area contributed by atoms with Crippen molar-refractivity contribution in [2.75, 3.05) is 27.9 Å². The van der Waals surface area contributed by atoms with Gasteiger partial charge in [0.05, 0.1) is 27.4 Å². The molecule has 0 aliphatic heterocycles. The van der Waals surface area contributed by atoms with Crippen LogP contribution in [-0.2, 0) is 13.0 Å². The van der Waals surface area contributed by atoms with Crippen molar-refractivity contribution in [3.63, 3.8) is 0 Å². The fourth-order valence-electron chi connectivity index (χ4n) is 3.93. The van der Waals surface area contributed by atoms with E-state index in [9.17, 15) is 0 Å². The van der Waals surface area contributed by atoms with Gasteiger partial charge in [-0.15, -0.1) is 5.92 Å². The highest BCUT2D eigenvalue weighted by molar-refractivity contribution is 9.10. The van der Waals surface area contributed by atoms with Crippen LogP contribution in [-0.4, -0.2) is 32.8 Å². The van der Waals surface area contributed by atoms with Crippen molar-refractivity contribution in [2.24, 2.45) is 0 Å². The summed E-state index contributed by atoms with van der Waals surface area (Å²) in [6, 6.07) is 22.8. The van der Waals surface area contributed by atoms with E-state index in [2.05, 4.69) is 88.1 Å². The van der Waals surface area contributed by atoms with Gasteiger partial charge in [0.1, 0.15) is 5.75 Å². The number of rotatable bonds is 11. The molecule has 0 saturated heterocycles. The first-order valence-electron chi connectivity index (χ1n) is 11.9. The third kappa shape index (κ3) is 7.52. The SMILES string of the molecule is CCCC#CC(c1ccccc1)N(CCc1cc(OC)c(OC)cc1Br)Cc1ccc(OC)cc1. The Morgan fingerprint density at radius 2 is 1.57 bits per heavy atom. The highest BCUT2D eigenvalue weighted by Gasteiger charge is 2.20. The number of nitrogens with zero attached hydrogens (tertiary/aromatic N) is 1. The third-order valence-corrected chi connectivity index (χ3v) is 6.60. The summed E-state index contributed by atoms with van der Waals surface area (Å²) in [5.41, 5.74) is 3.59. The number of benzene rings is 3. The molecule has 0 radical (unpaired) electrons. The molecule has 3 aromatic rings. The predicted octanol–water partition coefficient (Wildman–Crippen LogP) is 7.06. The van der Waals surface area contributed by atoms with Crippen LogP contribution in [0, 0.1) is 11.8 Å². The Morgan fingerprint density at radius 1 is 0.886 bits per heavy atom. The molecule has 1 unspecified atom stereocenters. The molecule has 0 aromatic heterocycles. The van der Waals surface area contributed by atoms with E-state index in [0.29, 0.717) is 5.75 Å². The van der Waals surface area contributed by atoms with Crippen LogP contribution >= 0.6 is 15.9 Å². The fourth-order valence-corrected chi connectivity index (χ4v) is 4.45. The van der Waals surface area contributed by atoms with Gasteiger partial charge in [-0.25, -0.2) is 0 Å². The van der Waals surface area contributed by atoms with E-state index in [1.54, 1.807) is 21.3 Å². The van der Waals surface area contributed by atoms with Crippen LogP contribution in [0.2, 0.25) is 0 Å². The Kier molecular flexibility index (Phi) is 10.5. The second-order valence-electron chi connectivity index (χ2n) is 8.25. The maximum Gasteiger partial charge on any atom is 0.161 e. The molecule has 184 valence electrons. The van der Waals surface area contributed by atoms with Crippen molar-refractivity contribution in [1.82, 2.24) is 4.90 Å². The van der Waals surface area contributed by atoms with Gasteiger partial charge in [0.2, 0.25) is 0 Å². The molecular weight excluding hydrogens is 502 g/mol. The van der Waals surface area contributed by atoms with E-state index in [-0.39, 0.29) is 6.04 Å². The molecule has 0 aliphatic carbocycles. The van der Waals surface area contributed by atoms with Crippen molar-refractivity contribution in [3.8, 4) is 29.1 Å². The molecule has 0 fully saturated rings. The summed E-state index contributed by atoms with van der Waals surface area (Å²) in [5, 5.41) is 0. The number of halogens is 1.